The Morgan fingerprint density at radius 3 is 2.44 bits per heavy atom. The van der Waals surface area contributed by atoms with Crippen LogP contribution in [-0.4, -0.2) is 32.5 Å². The maximum absolute atomic E-state index is 13.1. The number of hydrogen-bond donors (Lipinski definition) is 4. The first-order valence-corrected chi connectivity index (χ1v) is 11.4. The Morgan fingerprint density at radius 1 is 1.09 bits per heavy atom. The van der Waals surface area contributed by atoms with E-state index in [-0.39, 0.29) is 16.6 Å². The summed E-state index contributed by atoms with van der Waals surface area (Å²) in [7, 11) is 0. The molecule has 0 fully saturated rings. The fraction of sp³-hybridized carbons (Fsp3) is 0.292. The van der Waals surface area contributed by atoms with E-state index in [4.69, 9.17) is 12.2 Å². The van der Waals surface area contributed by atoms with Gasteiger partial charge in [-0.25, -0.2) is 4.98 Å². The molecule has 0 aliphatic heterocycles. The number of fused-ring (bicyclic) bond motifs is 1. The summed E-state index contributed by atoms with van der Waals surface area (Å²) in [5.41, 5.74) is 6.72. The summed E-state index contributed by atoms with van der Waals surface area (Å²) in [5.74, 6) is -1.37. The van der Waals surface area contributed by atoms with Gasteiger partial charge in [0, 0.05) is 24.1 Å². The summed E-state index contributed by atoms with van der Waals surface area (Å²) in [6.45, 7) is 7.85. The number of thiocarbonyl (C=S) groups is 1. The van der Waals surface area contributed by atoms with Crippen LogP contribution in [0.15, 0.2) is 53.5 Å². The van der Waals surface area contributed by atoms with Gasteiger partial charge in [-0.05, 0) is 56.2 Å². The Bertz CT molecular complexity index is 1270. The lowest BCUT2D eigenvalue weighted by molar-refractivity contribution is -0.124. The first-order chi connectivity index (χ1) is 16.2. The number of aryl methyl sites for hydroxylation is 2. The van der Waals surface area contributed by atoms with Gasteiger partial charge >= 0.3 is 0 Å². The van der Waals surface area contributed by atoms with E-state index in [0.717, 1.165) is 11.4 Å². The predicted octanol–water partition coefficient (Wildman–Crippen LogP) is 2.50. The number of amides is 2. The van der Waals surface area contributed by atoms with Crippen LogP contribution in [0.2, 0.25) is 0 Å². The molecule has 4 N–H and O–H groups in total. The van der Waals surface area contributed by atoms with Crippen molar-refractivity contribution in [3.8, 4) is 0 Å². The van der Waals surface area contributed by atoms with Crippen molar-refractivity contribution < 1.29 is 9.59 Å². The number of pyridine rings is 2. The zero-order valence-corrected chi connectivity index (χ0v) is 20.3. The molecule has 0 saturated carbocycles. The Labute approximate surface area is 202 Å². The summed E-state index contributed by atoms with van der Waals surface area (Å²) in [6, 6.07) is 11.7. The topological polar surface area (TPSA) is 117 Å². The van der Waals surface area contributed by atoms with Gasteiger partial charge in [-0.2, -0.15) is 0 Å². The van der Waals surface area contributed by atoms with Crippen LogP contribution in [-0.2, 0) is 11.3 Å². The fourth-order valence-electron chi connectivity index (χ4n) is 3.40. The summed E-state index contributed by atoms with van der Waals surface area (Å²) in [4.78, 5) is 43.3. The molecule has 2 heterocycles. The molecule has 3 aromatic rings. The Kier molecular flexibility index (Phi) is 7.95. The number of aromatic nitrogens is 2. The van der Waals surface area contributed by atoms with Gasteiger partial charge < -0.3 is 15.2 Å². The molecule has 0 radical (unpaired) electrons. The first kappa shape index (κ1) is 24.8. The zero-order valence-electron chi connectivity index (χ0n) is 19.5. The Morgan fingerprint density at radius 2 is 1.79 bits per heavy atom. The van der Waals surface area contributed by atoms with E-state index in [0.29, 0.717) is 17.6 Å². The number of nitrogens with zero attached hydrogens (tertiary/aromatic N) is 2. The third kappa shape index (κ3) is 5.76. The van der Waals surface area contributed by atoms with Crippen molar-refractivity contribution in [2.24, 2.45) is 5.92 Å². The summed E-state index contributed by atoms with van der Waals surface area (Å²) < 4.78 is 1.75. The lowest BCUT2D eigenvalue weighted by Crippen LogP contribution is -2.55. The number of hydrogen-bond acceptors (Lipinski definition) is 5. The molecule has 1 unspecified atom stereocenters. The van der Waals surface area contributed by atoms with Gasteiger partial charge in [0.25, 0.3) is 11.8 Å². The molecule has 0 saturated heterocycles. The second-order valence-electron chi connectivity index (χ2n) is 8.11. The minimum absolute atomic E-state index is 0.0484. The molecule has 0 spiro atoms. The number of hydrazine groups is 1. The van der Waals surface area contributed by atoms with Crippen molar-refractivity contribution in [2.75, 3.05) is 5.32 Å². The molecule has 0 aliphatic rings. The van der Waals surface area contributed by atoms with Crippen molar-refractivity contribution in [1.82, 2.24) is 25.7 Å². The second-order valence-corrected chi connectivity index (χ2v) is 8.52. The Balaban J connectivity index is 1.74. The molecule has 2 amide bonds. The number of carbonyl (C=O) groups excluding carboxylic acids is 2. The molecule has 10 heteroatoms. The lowest BCUT2D eigenvalue weighted by atomic mass is 10.0. The highest BCUT2D eigenvalue weighted by molar-refractivity contribution is 7.80. The van der Waals surface area contributed by atoms with Crippen LogP contribution < -0.4 is 26.9 Å². The number of anilines is 1. The molecule has 0 bridgehead atoms. The third-order valence-corrected chi connectivity index (χ3v) is 5.42. The largest absolute Gasteiger partial charge is 0.340 e. The molecule has 3 rings (SSSR count). The highest BCUT2D eigenvalue weighted by Crippen LogP contribution is 2.12. The molecule has 0 aliphatic carbocycles. The minimum Gasteiger partial charge on any atom is -0.340 e. The van der Waals surface area contributed by atoms with E-state index in [1.165, 1.54) is 6.20 Å². The third-order valence-electron chi connectivity index (χ3n) is 5.21. The maximum Gasteiger partial charge on any atom is 0.261 e. The van der Waals surface area contributed by atoms with Gasteiger partial charge in [-0.3, -0.25) is 25.2 Å². The van der Waals surface area contributed by atoms with Crippen LogP contribution in [0.1, 0.15) is 36.8 Å². The number of nitrogens with one attached hydrogen (secondary N) is 4. The minimum atomic E-state index is -0.902. The summed E-state index contributed by atoms with van der Waals surface area (Å²) in [5, 5.41) is 6.17. The Hall–Kier alpha value is -3.79. The summed E-state index contributed by atoms with van der Waals surface area (Å²) in [6.07, 6.45) is 1.49. The van der Waals surface area contributed by atoms with E-state index in [2.05, 4.69) is 26.5 Å². The standard InChI is InChI=1S/C24H28N6O3S/c1-5-30-13-18(20(31)17-12-11-15(4)25-21(17)30)22(32)27-19(14(2)3)23(33)28-29-24(34)26-16-9-7-6-8-10-16/h6-14,19H,5H2,1-4H3,(H,27,32)(H,28,33)(H2,26,29,34). The van der Waals surface area contributed by atoms with Crippen molar-refractivity contribution in [3.05, 3.63) is 70.1 Å². The van der Waals surface area contributed by atoms with Crippen molar-refractivity contribution in [1.29, 1.82) is 0 Å². The molecule has 178 valence electrons. The van der Waals surface area contributed by atoms with E-state index >= 15 is 0 Å². The fourth-order valence-corrected chi connectivity index (χ4v) is 3.57. The second kappa shape index (κ2) is 10.9. The zero-order chi connectivity index (χ0) is 24.8. The molecule has 34 heavy (non-hydrogen) atoms. The monoisotopic (exact) mass is 480 g/mol. The maximum atomic E-state index is 13.1. The van der Waals surface area contributed by atoms with Crippen LogP contribution in [0.5, 0.6) is 0 Å². The molecule has 2 aromatic heterocycles. The van der Waals surface area contributed by atoms with Crippen LogP contribution in [0, 0.1) is 12.8 Å². The average Bonchev–Trinajstić information content (AvgIpc) is 2.81. The van der Waals surface area contributed by atoms with Crippen LogP contribution >= 0.6 is 12.2 Å². The summed E-state index contributed by atoms with van der Waals surface area (Å²) >= 11 is 5.20. The molecular weight excluding hydrogens is 452 g/mol. The smallest absolute Gasteiger partial charge is 0.261 e. The number of para-hydroxylation sites is 1. The van der Waals surface area contributed by atoms with Gasteiger partial charge in [0.05, 0.1) is 5.39 Å². The molecule has 1 atom stereocenters. The van der Waals surface area contributed by atoms with E-state index < -0.39 is 23.3 Å². The van der Waals surface area contributed by atoms with Crippen molar-refractivity contribution in [3.63, 3.8) is 0 Å². The van der Waals surface area contributed by atoms with E-state index in [1.807, 2.05) is 44.2 Å². The van der Waals surface area contributed by atoms with Gasteiger partial charge in [-0.1, -0.05) is 32.0 Å². The highest BCUT2D eigenvalue weighted by Gasteiger charge is 2.26. The van der Waals surface area contributed by atoms with E-state index in [9.17, 15) is 14.4 Å². The predicted molar refractivity (Wildman–Crippen MR) is 136 cm³/mol. The number of benzene rings is 1. The quantitative estimate of drug-likeness (QED) is 0.316. The van der Waals surface area contributed by atoms with Crippen LogP contribution in [0.4, 0.5) is 5.69 Å². The molecule has 1 aromatic carbocycles. The van der Waals surface area contributed by atoms with Crippen molar-refractivity contribution in [2.45, 2.75) is 40.3 Å². The van der Waals surface area contributed by atoms with Crippen LogP contribution in [0.3, 0.4) is 0 Å². The molecule has 9 nitrogen and oxygen atoms in total. The first-order valence-electron chi connectivity index (χ1n) is 10.9. The van der Waals surface area contributed by atoms with Crippen molar-refractivity contribution >= 4 is 45.9 Å². The van der Waals surface area contributed by atoms with Gasteiger partial charge in [0.1, 0.15) is 17.3 Å². The van der Waals surface area contributed by atoms with Gasteiger partial charge in [0.2, 0.25) is 5.43 Å². The highest BCUT2D eigenvalue weighted by atomic mass is 32.1. The normalized spacial score (nSPS) is 11.7. The lowest BCUT2D eigenvalue weighted by Gasteiger charge is -2.22. The van der Waals surface area contributed by atoms with E-state index in [1.54, 1.807) is 30.5 Å². The average molecular weight is 481 g/mol. The number of rotatable bonds is 6. The van der Waals surface area contributed by atoms with Gasteiger partial charge in [0.15, 0.2) is 5.11 Å². The van der Waals surface area contributed by atoms with Crippen LogP contribution in [0.25, 0.3) is 11.0 Å². The van der Waals surface area contributed by atoms with Gasteiger partial charge in [-0.15, -0.1) is 0 Å². The molecular formula is C24H28N6O3S. The SMILES string of the molecule is CCn1cc(C(=O)NC(C(=O)NNC(=S)Nc2ccccc2)C(C)C)c(=O)c2ccc(C)nc21. The number of carbonyl (C=O) groups is 2.